The van der Waals surface area contributed by atoms with Gasteiger partial charge in [-0.05, 0) is 24.3 Å². The highest BCUT2D eigenvalue weighted by molar-refractivity contribution is 5.18. The summed E-state index contributed by atoms with van der Waals surface area (Å²) in [7, 11) is 0. The number of aliphatic hydroxyl groups excluding tert-OH is 1. The molecule has 0 radical (unpaired) electrons. The third-order valence-corrected chi connectivity index (χ3v) is 1.14. The van der Waals surface area contributed by atoms with Crippen LogP contribution in [0.1, 0.15) is 6.42 Å². The summed E-state index contributed by atoms with van der Waals surface area (Å²) in [5.74, 6) is 0. The molecule has 0 aromatic heterocycles. The zero-order valence-electron chi connectivity index (χ0n) is 4.59. The highest BCUT2D eigenvalue weighted by atomic mass is 16.2. The van der Waals surface area contributed by atoms with Crippen molar-refractivity contribution in [2.24, 2.45) is 0 Å². The molecular formula is C6H9NO. The highest BCUT2D eigenvalue weighted by Crippen LogP contribution is 2.03. The van der Waals surface area contributed by atoms with Crippen LogP contribution in [0.5, 0.6) is 0 Å². The van der Waals surface area contributed by atoms with Gasteiger partial charge in [-0.25, -0.2) is 0 Å². The summed E-state index contributed by atoms with van der Waals surface area (Å²) in [5.41, 5.74) is 0.990. The fourth-order valence-electron chi connectivity index (χ4n) is 0.657. The minimum atomic E-state index is 0.924. The molecule has 0 spiro atoms. The lowest BCUT2D eigenvalue weighted by molar-refractivity contribution is 0.465. The van der Waals surface area contributed by atoms with Crippen LogP contribution in [-0.4, -0.2) is 11.7 Å². The topological polar surface area (TPSA) is 32.3 Å². The first-order chi connectivity index (χ1) is 3.93. The average molecular weight is 111 g/mol. The van der Waals surface area contributed by atoms with Gasteiger partial charge in [0.05, 0.1) is 6.26 Å². The predicted molar refractivity (Wildman–Crippen MR) is 32.5 cm³/mol. The molecule has 1 rings (SSSR count). The van der Waals surface area contributed by atoms with Crippen molar-refractivity contribution in [1.29, 1.82) is 0 Å². The predicted octanol–water partition coefficient (Wildman–Crippen LogP) is 0.935. The maximum atomic E-state index is 8.45. The molecule has 1 aliphatic rings. The average Bonchev–Trinajstić information content (AvgIpc) is 1.90. The van der Waals surface area contributed by atoms with Crippen LogP contribution < -0.4 is 5.32 Å². The van der Waals surface area contributed by atoms with Crippen molar-refractivity contribution >= 4 is 0 Å². The van der Waals surface area contributed by atoms with Crippen LogP contribution in [0.2, 0.25) is 0 Å². The smallest absolute Gasteiger partial charge is 0.0824 e. The van der Waals surface area contributed by atoms with Crippen molar-refractivity contribution in [1.82, 2.24) is 5.32 Å². The van der Waals surface area contributed by atoms with Gasteiger partial charge in [0, 0.05) is 6.54 Å². The summed E-state index contributed by atoms with van der Waals surface area (Å²) in [5, 5.41) is 11.5. The number of nitrogens with one attached hydrogen (secondary N) is 1. The lowest BCUT2D eigenvalue weighted by atomic mass is 10.2. The van der Waals surface area contributed by atoms with Crippen LogP contribution >= 0.6 is 0 Å². The van der Waals surface area contributed by atoms with Crippen molar-refractivity contribution in [3.63, 3.8) is 0 Å². The molecule has 0 aromatic carbocycles. The van der Waals surface area contributed by atoms with Crippen LogP contribution in [0.3, 0.4) is 0 Å². The van der Waals surface area contributed by atoms with E-state index >= 15 is 0 Å². The van der Waals surface area contributed by atoms with Gasteiger partial charge in [0.15, 0.2) is 0 Å². The van der Waals surface area contributed by atoms with E-state index in [9.17, 15) is 0 Å². The van der Waals surface area contributed by atoms with Gasteiger partial charge in [-0.3, -0.25) is 0 Å². The summed E-state index contributed by atoms with van der Waals surface area (Å²) in [6.45, 7) is 0.933. The molecule has 0 unspecified atom stereocenters. The van der Waals surface area contributed by atoms with Gasteiger partial charge in [0.25, 0.3) is 0 Å². The molecule has 2 N–H and O–H groups in total. The van der Waals surface area contributed by atoms with Gasteiger partial charge in [-0.15, -0.1) is 0 Å². The fraction of sp³-hybridized carbons (Fsp3) is 0.333. The van der Waals surface area contributed by atoms with E-state index in [-0.39, 0.29) is 0 Å². The molecule has 2 nitrogen and oxygen atoms in total. The molecular weight excluding hydrogens is 102 g/mol. The zero-order valence-corrected chi connectivity index (χ0v) is 4.59. The largest absolute Gasteiger partial charge is 0.515 e. The molecule has 0 aliphatic carbocycles. The molecule has 0 atom stereocenters. The molecule has 0 fully saturated rings. The maximum absolute atomic E-state index is 8.45. The third-order valence-electron chi connectivity index (χ3n) is 1.14. The first-order valence-corrected chi connectivity index (χ1v) is 2.66. The van der Waals surface area contributed by atoms with Crippen molar-refractivity contribution in [3.8, 4) is 0 Å². The molecule has 0 saturated carbocycles. The molecule has 0 saturated heterocycles. The normalized spacial score (nSPS) is 23.2. The van der Waals surface area contributed by atoms with E-state index in [0.717, 1.165) is 24.8 Å². The maximum Gasteiger partial charge on any atom is 0.0824 e. The van der Waals surface area contributed by atoms with E-state index in [2.05, 4.69) is 5.32 Å². The first-order valence-electron chi connectivity index (χ1n) is 2.66. The van der Waals surface area contributed by atoms with Crippen molar-refractivity contribution < 1.29 is 5.11 Å². The Kier molecular flexibility index (Phi) is 1.57. The third kappa shape index (κ3) is 1.03. The Hall–Kier alpha value is -0.920. The second kappa shape index (κ2) is 2.40. The Morgan fingerprint density at radius 1 is 1.75 bits per heavy atom. The van der Waals surface area contributed by atoms with E-state index in [1.165, 1.54) is 0 Å². The molecule has 2 heteroatoms. The van der Waals surface area contributed by atoms with E-state index in [1.807, 2.05) is 12.3 Å². The molecule has 1 heterocycles. The second-order valence-corrected chi connectivity index (χ2v) is 1.74. The van der Waals surface area contributed by atoms with Crippen molar-refractivity contribution in [2.75, 3.05) is 6.54 Å². The van der Waals surface area contributed by atoms with Crippen molar-refractivity contribution in [2.45, 2.75) is 6.42 Å². The lowest BCUT2D eigenvalue weighted by Gasteiger charge is -2.06. The van der Waals surface area contributed by atoms with Crippen LogP contribution in [0.4, 0.5) is 0 Å². The number of aliphatic hydroxyl groups is 1. The van der Waals surface area contributed by atoms with E-state index in [0.29, 0.717) is 0 Å². The van der Waals surface area contributed by atoms with E-state index < -0.39 is 0 Å². The first kappa shape index (κ1) is 5.22. The number of hydrogen-bond acceptors (Lipinski definition) is 2. The van der Waals surface area contributed by atoms with Gasteiger partial charge < -0.3 is 10.4 Å². The Morgan fingerprint density at radius 2 is 2.62 bits per heavy atom. The van der Waals surface area contributed by atoms with Gasteiger partial charge in [0.2, 0.25) is 0 Å². The standard InChI is InChI=1S/C6H9NO/c8-5-6-1-3-7-4-2-6/h1,3,5,7-8H,2,4H2. The monoisotopic (exact) mass is 111 g/mol. The van der Waals surface area contributed by atoms with Gasteiger partial charge in [-0.2, -0.15) is 0 Å². The van der Waals surface area contributed by atoms with Crippen LogP contribution in [-0.2, 0) is 0 Å². The van der Waals surface area contributed by atoms with Gasteiger partial charge >= 0.3 is 0 Å². The summed E-state index contributed by atoms with van der Waals surface area (Å²) in [6, 6.07) is 0. The van der Waals surface area contributed by atoms with E-state index in [1.54, 1.807) is 0 Å². The summed E-state index contributed by atoms with van der Waals surface area (Å²) in [6.07, 6.45) is 5.78. The molecule has 1 aliphatic heterocycles. The Bertz CT molecular complexity index is 126. The van der Waals surface area contributed by atoms with Gasteiger partial charge in [-0.1, -0.05) is 0 Å². The van der Waals surface area contributed by atoms with Crippen LogP contribution in [0.25, 0.3) is 0 Å². The second-order valence-electron chi connectivity index (χ2n) is 1.74. The summed E-state index contributed by atoms with van der Waals surface area (Å²) in [4.78, 5) is 0. The highest BCUT2D eigenvalue weighted by Gasteiger charge is 1.94. The zero-order chi connectivity index (χ0) is 5.82. The minimum Gasteiger partial charge on any atom is -0.515 e. The lowest BCUT2D eigenvalue weighted by Crippen LogP contribution is -2.11. The molecule has 0 amide bonds. The number of allylic oxidation sites excluding steroid dienone is 1. The Labute approximate surface area is 48.5 Å². The summed E-state index contributed by atoms with van der Waals surface area (Å²) >= 11 is 0. The Balaban J connectivity index is 2.56. The molecule has 44 valence electrons. The van der Waals surface area contributed by atoms with E-state index in [4.69, 9.17) is 5.11 Å². The Morgan fingerprint density at radius 3 is 3.00 bits per heavy atom. The molecule has 0 aromatic rings. The fourth-order valence-corrected chi connectivity index (χ4v) is 0.657. The van der Waals surface area contributed by atoms with Crippen LogP contribution in [0.15, 0.2) is 24.1 Å². The van der Waals surface area contributed by atoms with Crippen LogP contribution in [0, 0.1) is 0 Å². The molecule has 0 bridgehead atoms. The quantitative estimate of drug-likeness (QED) is 0.456. The van der Waals surface area contributed by atoms with Crippen molar-refractivity contribution in [3.05, 3.63) is 24.1 Å². The number of hydrogen-bond donors (Lipinski definition) is 2. The minimum absolute atomic E-state index is 0.924. The SMILES string of the molecule is OC=C1C=CNCC1. The van der Waals surface area contributed by atoms with Gasteiger partial charge in [0.1, 0.15) is 0 Å². The summed E-state index contributed by atoms with van der Waals surface area (Å²) < 4.78 is 0. The molecule has 8 heavy (non-hydrogen) atoms. The number of rotatable bonds is 0.